The van der Waals surface area contributed by atoms with Crippen LogP contribution in [0.4, 0.5) is 4.39 Å². The van der Waals surface area contributed by atoms with Crippen molar-refractivity contribution < 1.29 is 13.9 Å². The highest BCUT2D eigenvalue weighted by molar-refractivity contribution is 5.77. The Morgan fingerprint density at radius 2 is 2.24 bits per heavy atom. The summed E-state index contributed by atoms with van der Waals surface area (Å²) in [6, 6.07) is 4.23. The molecule has 0 aliphatic rings. The average molecular weight is 239 g/mol. The van der Waals surface area contributed by atoms with Crippen LogP contribution >= 0.6 is 0 Å². The molecule has 0 bridgehead atoms. The van der Waals surface area contributed by atoms with Crippen molar-refractivity contribution in [3.63, 3.8) is 0 Å². The zero-order valence-electron chi connectivity index (χ0n) is 10.3. The molecule has 0 aliphatic heterocycles. The minimum atomic E-state index is -0.303. The van der Waals surface area contributed by atoms with Gasteiger partial charge in [-0.1, -0.05) is 13.3 Å². The summed E-state index contributed by atoms with van der Waals surface area (Å²) in [5.41, 5.74) is 0.686. The third-order valence-corrected chi connectivity index (χ3v) is 2.35. The van der Waals surface area contributed by atoms with E-state index in [1.54, 1.807) is 6.92 Å². The molecule has 0 saturated carbocycles. The molecule has 1 aromatic rings. The topological polar surface area (TPSA) is 38.3 Å². The zero-order chi connectivity index (χ0) is 12.7. The van der Waals surface area contributed by atoms with Gasteiger partial charge in [0.2, 0.25) is 0 Å². The number of ether oxygens (including phenoxy) is 1. The molecule has 0 aromatic heterocycles. The van der Waals surface area contributed by atoms with Crippen LogP contribution in [0.3, 0.4) is 0 Å². The lowest BCUT2D eigenvalue weighted by Gasteiger charge is -2.09. The fourth-order valence-corrected chi connectivity index (χ4v) is 1.37. The van der Waals surface area contributed by atoms with Gasteiger partial charge in [0.15, 0.2) is 6.61 Å². The summed E-state index contributed by atoms with van der Waals surface area (Å²) in [7, 11) is 0. The first-order valence-electron chi connectivity index (χ1n) is 5.79. The number of halogens is 1. The summed E-state index contributed by atoms with van der Waals surface area (Å²) < 4.78 is 18.1. The Balaban J connectivity index is 2.37. The molecular weight excluding hydrogens is 221 g/mol. The van der Waals surface area contributed by atoms with Crippen LogP contribution in [0.15, 0.2) is 18.2 Å². The number of carbonyl (C=O) groups excluding carboxylic acids is 1. The lowest BCUT2D eigenvalue weighted by Crippen LogP contribution is -2.29. The summed E-state index contributed by atoms with van der Waals surface area (Å²) in [4.78, 5) is 11.4. The van der Waals surface area contributed by atoms with E-state index in [1.807, 2.05) is 0 Å². The molecule has 0 unspecified atom stereocenters. The first-order chi connectivity index (χ1) is 8.13. The van der Waals surface area contributed by atoms with E-state index in [2.05, 4.69) is 12.2 Å². The van der Waals surface area contributed by atoms with E-state index in [0.717, 1.165) is 12.8 Å². The summed E-state index contributed by atoms with van der Waals surface area (Å²) in [6.45, 7) is 4.44. The molecule has 0 atom stereocenters. The van der Waals surface area contributed by atoms with Crippen molar-refractivity contribution in [2.45, 2.75) is 26.7 Å². The zero-order valence-corrected chi connectivity index (χ0v) is 10.3. The Morgan fingerprint density at radius 1 is 1.47 bits per heavy atom. The smallest absolute Gasteiger partial charge is 0.257 e. The molecule has 0 aliphatic carbocycles. The number of hydrogen-bond acceptors (Lipinski definition) is 2. The summed E-state index contributed by atoms with van der Waals surface area (Å²) in [5.74, 6) is 0.0847. The fraction of sp³-hybridized carbons (Fsp3) is 0.462. The Kier molecular flexibility index (Phi) is 5.46. The number of aryl methyl sites for hydroxylation is 1. The number of unbranched alkanes of at least 4 members (excludes halogenated alkanes) is 1. The molecule has 0 radical (unpaired) electrons. The molecule has 0 saturated heterocycles. The maximum atomic E-state index is 12.8. The maximum Gasteiger partial charge on any atom is 0.257 e. The second-order valence-electron chi connectivity index (χ2n) is 3.90. The monoisotopic (exact) mass is 239 g/mol. The Labute approximate surface area is 101 Å². The van der Waals surface area contributed by atoms with Crippen molar-refractivity contribution in [2.75, 3.05) is 13.2 Å². The van der Waals surface area contributed by atoms with Gasteiger partial charge in [0.1, 0.15) is 11.6 Å². The molecule has 94 valence electrons. The lowest BCUT2D eigenvalue weighted by atomic mass is 10.2. The van der Waals surface area contributed by atoms with Gasteiger partial charge in [0, 0.05) is 6.54 Å². The van der Waals surface area contributed by atoms with Crippen LogP contribution in [-0.4, -0.2) is 19.1 Å². The van der Waals surface area contributed by atoms with Gasteiger partial charge in [0.05, 0.1) is 0 Å². The Morgan fingerprint density at radius 3 is 2.88 bits per heavy atom. The second kappa shape index (κ2) is 6.89. The largest absolute Gasteiger partial charge is 0.484 e. The minimum Gasteiger partial charge on any atom is -0.484 e. The molecule has 1 amide bonds. The van der Waals surface area contributed by atoms with Gasteiger partial charge in [-0.15, -0.1) is 0 Å². The summed E-state index contributed by atoms with van der Waals surface area (Å²) >= 11 is 0. The molecule has 1 aromatic carbocycles. The molecule has 1 rings (SSSR count). The van der Waals surface area contributed by atoms with E-state index in [-0.39, 0.29) is 18.3 Å². The minimum absolute atomic E-state index is 0.0316. The van der Waals surface area contributed by atoms with Crippen molar-refractivity contribution in [3.8, 4) is 5.75 Å². The predicted molar refractivity (Wildman–Crippen MR) is 64.5 cm³/mol. The number of benzene rings is 1. The average Bonchev–Trinajstić information content (AvgIpc) is 2.28. The van der Waals surface area contributed by atoms with Gasteiger partial charge in [-0.2, -0.15) is 0 Å². The SMILES string of the molecule is CCCCNC(=O)COc1ccc(F)cc1C. The number of rotatable bonds is 6. The van der Waals surface area contributed by atoms with E-state index in [9.17, 15) is 9.18 Å². The van der Waals surface area contributed by atoms with Crippen LogP contribution in [0.25, 0.3) is 0 Å². The molecule has 0 heterocycles. The lowest BCUT2D eigenvalue weighted by molar-refractivity contribution is -0.123. The molecule has 1 N–H and O–H groups in total. The number of hydrogen-bond donors (Lipinski definition) is 1. The molecule has 17 heavy (non-hydrogen) atoms. The van der Waals surface area contributed by atoms with Crippen LogP contribution in [0.2, 0.25) is 0 Å². The van der Waals surface area contributed by atoms with E-state index in [4.69, 9.17) is 4.74 Å². The third kappa shape index (κ3) is 4.85. The van der Waals surface area contributed by atoms with Crippen molar-refractivity contribution >= 4 is 5.91 Å². The number of carbonyl (C=O) groups is 1. The van der Waals surface area contributed by atoms with Gasteiger partial charge in [-0.05, 0) is 37.1 Å². The van der Waals surface area contributed by atoms with Crippen molar-refractivity contribution in [2.24, 2.45) is 0 Å². The fourth-order valence-electron chi connectivity index (χ4n) is 1.37. The van der Waals surface area contributed by atoms with Crippen LogP contribution in [0.5, 0.6) is 5.75 Å². The standard InChI is InChI=1S/C13H18FNO2/c1-3-4-7-15-13(16)9-17-12-6-5-11(14)8-10(12)2/h5-6,8H,3-4,7,9H2,1-2H3,(H,15,16). The van der Waals surface area contributed by atoms with Gasteiger partial charge in [-0.3, -0.25) is 4.79 Å². The quantitative estimate of drug-likeness (QED) is 0.774. The summed E-state index contributed by atoms with van der Waals surface area (Å²) in [6.07, 6.45) is 2.00. The van der Waals surface area contributed by atoms with Gasteiger partial charge >= 0.3 is 0 Å². The van der Waals surface area contributed by atoms with E-state index < -0.39 is 0 Å². The van der Waals surface area contributed by atoms with Crippen LogP contribution in [-0.2, 0) is 4.79 Å². The first-order valence-corrected chi connectivity index (χ1v) is 5.79. The maximum absolute atomic E-state index is 12.8. The van der Waals surface area contributed by atoms with E-state index in [1.165, 1.54) is 18.2 Å². The highest BCUT2D eigenvalue weighted by atomic mass is 19.1. The van der Waals surface area contributed by atoms with Crippen molar-refractivity contribution in [1.29, 1.82) is 0 Å². The summed E-state index contributed by atoms with van der Waals surface area (Å²) in [5, 5.41) is 2.75. The molecule has 0 fully saturated rings. The normalized spacial score (nSPS) is 10.1. The van der Waals surface area contributed by atoms with Gasteiger partial charge in [0.25, 0.3) is 5.91 Å². The molecule has 0 spiro atoms. The van der Waals surface area contributed by atoms with Gasteiger partial charge in [-0.25, -0.2) is 4.39 Å². The molecule has 4 heteroatoms. The molecular formula is C13H18FNO2. The first kappa shape index (κ1) is 13.5. The third-order valence-electron chi connectivity index (χ3n) is 2.35. The molecule has 3 nitrogen and oxygen atoms in total. The van der Waals surface area contributed by atoms with E-state index >= 15 is 0 Å². The Hall–Kier alpha value is -1.58. The van der Waals surface area contributed by atoms with E-state index in [0.29, 0.717) is 17.9 Å². The number of nitrogens with one attached hydrogen (secondary N) is 1. The highest BCUT2D eigenvalue weighted by Gasteiger charge is 2.04. The Bertz CT molecular complexity index is 380. The second-order valence-corrected chi connectivity index (χ2v) is 3.90. The van der Waals surface area contributed by atoms with Crippen LogP contribution < -0.4 is 10.1 Å². The highest BCUT2D eigenvalue weighted by Crippen LogP contribution is 2.17. The van der Waals surface area contributed by atoms with Gasteiger partial charge < -0.3 is 10.1 Å². The predicted octanol–water partition coefficient (Wildman–Crippen LogP) is 2.43. The number of amides is 1. The van der Waals surface area contributed by atoms with Crippen LogP contribution in [0.1, 0.15) is 25.3 Å². The van der Waals surface area contributed by atoms with Crippen molar-refractivity contribution in [1.82, 2.24) is 5.32 Å². The van der Waals surface area contributed by atoms with Crippen molar-refractivity contribution in [3.05, 3.63) is 29.6 Å². The van der Waals surface area contributed by atoms with Crippen LogP contribution in [0, 0.1) is 12.7 Å².